The van der Waals surface area contributed by atoms with Gasteiger partial charge in [-0.3, -0.25) is 4.79 Å². The van der Waals surface area contributed by atoms with Crippen molar-refractivity contribution in [1.82, 2.24) is 5.32 Å². The first kappa shape index (κ1) is 23.8. The first-order valence-electron chi connectivity index (χ1n) is 12.0. The zero-order chi connectivity index (χ0) is 24.9. The molecule has 1 amide bonds. The summed E-state index contributed by atoms with van der Waals surface area (Å²) in [6, 6.07) is 30.2. The molecule has 180 valence electrons. The largest absolute Gasteiger partial charge is 0.370 e. The maximum atomic E-state index is 14.8. The number of para-hydroxylation sites is 1. The summed E-state index contributed by atoms with van der Waals surface area (Å²) in [6.07, 6.45) is 0. The number of rotatable bonds is 7. The number of nitrogens with zero attached hydrogens (tertiary/aromatic N) is 2. The van der Waals surface area contributed by atoms with Gasteiger partial charge in [-0.2, -0.15) is 0 Å². The highest BCUT2D eigenvalue weighted by Gasteiger charge is 2.21. The van der Waals surface area contributed by atoms with Crippen LogP contribution in [0, 0.1) is 5.82 Å². The fourth-order valence-electron chi connectivity index (χ4n) is 4.26. The molecule has 1 aliphatic heterocycles. The maximum absolute atomic E-state index is 14.8. The van der Waals surface area contributed by atoms with Gasteiger partial charge in [-0.05, 0) is 55.5 Å². The highest BCUT2D eigenvalue weighted by atomic mass is 32.2. The van der Waals surface area contributed by atoms with Crippen LogP contribution in [-0.4, -0.2) is 31.3 Å². The summed E-state index contributed by atoms with van der Waals surface area (Å²) < 4.78 is 14.8. The number of fused-ring (bicyclic) bond motifs is 2. The Balaban J connectivity index is 1.40. The lowest BCUT2D eigenvalue weighted by Crippen LogP contribution is -2.34. The lowest BCUT2D eigenvalue weighted by Gasteiger charge is -2.23. The summed E-state index contributed by atoms with van der Waals surface area (Å²) in [5, 5.41) is 3.03. The standard InChI is InChI=1S/C30H26FN3OS/c1-2-34(22-10-4-3-5-11-22)19-18-32-30(35)21-16-17-28-26(20-21)33-29(23-12-6-8-14-25(23)31)24-13-7-9-15-27(24)36-28/h3-17,20H,2,18-19H2,1H3,(H,32,35). The molecule has 0 aliphatic carbocycles. The lowest BCUT2D eigenvalue weighted by atomic mass is 10.0. The van der Waals surface area contributed by atoms with Crippen molar-refractivity contribution in [2.45, 2.75) is 16.7 Å². The zero-order valence-corrected chi connectivity index (χ0v) is 20.8. The first-order chi connectivity index (χ1) is 17.6. The van der Waals surface area contributed by atoms with Crippen LogP contribution < -0.4 is 10.2 Å². The van der Waals surface area contributed by atoms with Crippen LogP contribution >= 0.6 is 11.8 Å². The average molecular weight is 496 g/mol. The second kappa shape index (κ2) is 10.8. The normalized spacial score (nSPS) is 12.1. The number of aliphatic imine (C=N–C) groups is 1. The Morgan fingerprint density at radius 1 is 0.889 bits per heavy atom. The molecular weight excluding hydrogens is 469 g/mol. The van der Waals surface area contributed by atoms with Gasteiger partial charge in [-0.1, -0.05) is 60.3 Å². The summed E-state index contributed by atoms with van der Waals surface area (Å²) in [7, 11) is 0. The average Bonchev–Trinajstić information content (AvgIpc) is 3.08. The Hall–Kier alpha value is -3.90. The van der Waals surface area contributed by atoms with Crippen molar-refractivity contribution in [3.05, 3.63) is 120 Å². The monoisotopic (exact) mass is 495 g/mol. The molecule has 0 unspecified atom stereocenters. The minimum absolute atomic E-state index is 0.156. The van der Waals surface area contributed by atoms with Gasteiger partial charge in [0.05, 0.1) is 11.4 Å². The highest BCUT2D eigenvalue weighted by molar-refractivity contribution is 7.99. The predicted molar refractivity (Wildman–Crippen MR) is 145 cm³/mol. The van der Waals surface area contributed by atoms with Crippen LogP contribution in [0.5, 0.6) is 0 Å². The minimum atomic E-state index is -0.327. The number of benzene rings is 4. The van der Waals surface area contributed by atoms with Gasteiger partial charge in [0.2, 0.25) is 0 Å². The topological polar surface area (TPSA) is 44.7 Å². The molecule has 36 heavy (non-hydrogen) atoms. The van der Waals surface area contributed by atoms with Crippen LogP contribution in [0.2, 0.25) is 0 Å². The zero-order valence-electron chi connectivity index (χ0n) is 19.9. The molecule has 0 fully saturated rings. The van der Waals surface area contributed by atoms with E-state index in [2.05, 4.69) is 29.3 Å². The fraction of sp³-hybridized carbons (Fsp3) is 0.133. The SMILES string of the molecule is CCN(CCNC(=O)c1ccc2c(c1)N=C(c1ccccc1F)c1ccccc1S2)c1ccccc1. The van der Waals surface area contributed by atoms with Crippen molar-refractivity contribution in [3.8, 4) is 0 Å². The Morgan fingerprint density at radius 3 is 2.39 bits per heavy atom. The summed E-state index contributed by atoms with van der Waals surface area (Å²) in [5.41, 5.74) is 4.19. The van der Waals surface area contributed by atoms with E-state index < -0.39 is 0 Å². The van der Waals surface area contributed by atoms with Gasteiger partial charge in [0.25, 0.3) is 5.91 Å². The second-order valence-corrected chi connectivity index (χ2v) is 9.48. The number of halogens is 1. The smallest absolute Gasteiger partial charge is 0.251 e. The van der Waals surface area contributed by atoms with E-state index in [0.29, 0.717) is 35.6 Å². The minimum Gasteiger partial charge on any atom is -0.370 e. The van der Waals surface area contributed by atoms with Crippen molar-refractivity contribution in [2.75, 3.05) is 24.5 Å². The summed E-state index contributed by atoms with van der Waals surface area (Å²) in [6.45, 7) is 4.17. The van der Waals surface area contributed by atoms with Crippen molar-refractivity contribution in [3.63, 3.8) is 0 Å². The molecule has 4 nitrogen and oxygen atoms in total. The molecule has 1 N–H and O–H groups in total. The molecule has 6 heteroatoms. The third kappa shape index (κ3) is 5.04. The first-order valence-corrected chi connectivity index (χ1v) is 12.8. The van der Waals surface area contributed by atoms with E-state index in [1.165, 1.54) is 6.07 Å². The van der Waals surface area contributed by atoms with Gasteiger partial charge >= 0.3 is 0 Å². The molecule has 4 aromatic carbocycles. The maximum Gasteiger partial charge on any atom is 0.251 e. The van der Waals surface area contributed by atoms with E-state index >= 15 is 0 Å². The molecule has 0 atom stereocenters. The molecule has 0 spiro atoms. The number of carbonyl (C=O) groups is 1. The van der Waals surface area contributed by atoms with Crippen LogP contribution in [-0.2, 0) is 0 Å². The fourth-order valence-corrected chi connectivity index (χ4v) is 5.26. The van der Waals surface area contributed by atoms with Gasteiger partial charge in [0.1, 0.15) is 5.82 Å². The number of likely N-dealkylation sites (N-methyl/N-ethyl adjacent to an activating group) is 1. The molecular formula is C30H26FN3OS. The van der Waals surface area contributed by atoms with Gasteiger partial charge in [-0.25, -0.2) is 9.38 Å². The van der Waals surface area contributed by atoms with Crippen molar-refractivity contribution in [1.29, 1.82) is 0 Å². The highest BCUT2D eigenvalue weighted by Crippen LogP contribution is 2.41. The molecule has 0 radical (unpaired) electrons. The van der Waals surface area contributed by atoms with Crippen LogP contribution in [0.4, 0.5) is 15.8 Å². The quantitative estimate of drug-likeness (QED) is 0.273. The van der Waals surface area contributed by atoms with E-state index in [4.69, 9.17) is 4.99 Å². The number of amides is 1. The Bertz CT molecular complexity index is 1420. The third-order valence-electron chi connectivity index (χ3n) is 6.11. The number of hydrogen-bond donors (Lipinski definition) is 1. The van der Waals surface area contributed by atoms with E-state index in [0.717, 1.165) is 27.6 Å². The summed E-state index contributed by atoms with van der Waals surface area (Å²) in [5.74, 6) is -0.483. The van der Waals surface area contributed by atoms with E-state index in [-0.39, 0.29) is 11.7 Å². The van der Waals surface area contributed by atoms with Crippen molar-refractivity contribution >= 4 is 34.8 Å². The molecule has 0 aromatic heterocycles. The molecule has 0 saturated heterocycles. The van der Waals surface area contributed by atoms with Crippen LogP contribution in [0.3, 0.4) is 0 Å². The molecule has 4 aromatic rings. The van der Waals surface area contributed by atoms with E-state index in [9.17, 15) is 9.18 Å². The van der Waals surface area contributed by atoms with Gasteiger partial charge in [0.15, 0.2) is 0 Å². The Labute approximate surface area is 214 Å². The molecule has 1 heterocycles. The molecule has 0 bridgehead atoms. The second-order valence-electron chi connectivity index (χ2n) is 8.39. The Morgan fingerprint density at radius 2 is 1.61 bits per heavy atom. The number of nitrogens with one attached hydrogen (secondary N) is 1. The lowest BCUT2D eigenvalue weighted by molar-refractivity contribution is 0.0954. The van der Waals surface area contributed by atoms with Crippen molar-refractivity contribution < 1.29 is 9.18 Å². The van der Waals surface area contributed by atoms with Gasteiger partial charge in [-0.15, -0.1) is 0 Å². The molecule has 0 saturated carbocycles. The summed E-state index contributed by atoms with van der Waals surface area (Å²) >= 11 is 1.57. The Kier molecular flexibility index (Phi) is 7.14. The van der Waals surface area contributed by atoms with Crippen molar-refractivity contribution in [2.24, 2.45) is 4.99 Å². The van der Waals surface area contributed by atoms with Crippen LogP contribution in [0.15, 0.2) is 112 Å². The van der Waals surface area contributed by atoms with Gasteiger partial charge in [0, 0.05) is 51.8 Å². The molecule has 1 aliphatic rings. The third-order valence-corrected chi connectivity index (χ3v) is 7.26. The number of anilines is 1. The number of hydrogen-bond acceptors (Lipinski definition) is 4. The summed E-state index contributed by atoms with van der Waals surface area (Å²) in [4.78, 5) is 22.0. The van der Waals surface area contributed by atoms with E-state index in [1.54, 1.807) is 36.0 Å². The van der Waals surface area contributed by atoms with Crippen LogP contribution in [0.1, 0.15) is 28.4 Å². The predicted octanol–water partition coefficient (Wildman–Crippen LogP) is 6.72. The van der Waals surface area contributed by atoms with Crippen LogP contribution in [0.25, 0.3) is 0 Å². The van der Waals surface area contributed by atoms with Gasteiger partial charge < -0.3 is 10.2 Å². The molecule has 5 rings (SSSR count). The van der Waals surface area contributed by atoms with E-state index in [1.807, 2.05) is 54.6 Å². The number of carbonyl (C=O) groups excluding carboxylic acids is 1.